The quantitative estimate of drug-likeness (QED) is 0.657. The van der Waals surface area contributed by atoms with Crippen molar-refractivity contribution >= 4 is 0 Å². The van der Waals surface area contributed by atoms with Gasteiger partial charge in [0.05, 0.1) is 18.8 Å². The van der Waals surface area contributed by atoms with Crippen LogP contribution >= 0.6 is 0 Å². The van der Waals surface area contributed by atoms with Crippen LogP contribution in [0.5, 0.6) is 0 Å². The van der Waals surface area contributed by atoms with Crippen LogP contribution in [0.1, 0.15) is 26.7 Å². The molecule has 0 bridgehead atoms. The second kappa shape index (κ2) is 7.31. The molecule has 0 spiro atoms. The molecule has 102 valence electrons. The largest absolute Gasteiger partial charge is 0.383 e. The molecular formula is C13H27NO3. The van der Waals surface area contributed by atoms with Gasteiger partial charge in [-0.05, 0) is 26.7 Å². The molecule has 0 saturated carbocycles. The summed E-state index contributed by atoms with van der Waals surface area (Å²) < 4.78 is 16.2. The summed E-state index contributed by atoms with van der Waals surface area (Å²) in [6.45, 7) is 7.79. The van der Waals surface area contributed by atoms with Gasteiger partial charge in [-0.2, -0.15) is 0 Å². The van der Waals surface area contributed by atoms with Crippen molar-refractivity contribution in [2.75, 3.05) is 40.5 Å². The van der Waals surface area contributed by atoms with E-state index in [-0.39, 0.29) is 11.5 Å². The molecule has 1 fully saturated rings. The summed E-state index contributed by atoms with van der Waals surface area (Å²) in [5.74, 6) is 0. The number of nitrogens with one attached hydrogen (secondary N) is 1. The minimum absolute atomic E-state index is 0.211. The SMILES string of the molecule is COCCNCC1(CC(C)OC)CCOC1C. The Balaban J connectivity index is 2.47. The number of hydrogen-bond acceptors (Lipinski definition) is 4. The fourth-order valence-corrected chi connectivity index (χ4v) is 2.56. The van der Waals surface area contributed by atoms with Crippen LogP contribution in [-0.4, -0.2) is 52.7 Å². The van der Waals surface area contributed by atoms with Gasteiger partial charge >= 0.3 is 0 Å². The highest BCUT2D eigenvalue weighted by atomic mass is 16.5. The van der Waals surface area contributed by atoms with Crippen molar-refractivity contribution in [3.05, 3.63) is 0 Å². The lowest BCUT2D eigenvalue weighted by molar-refractivity contribution is 0.0151. The first kappa shape index (κ1) is 14.9. The summed E-state index contributed by atoms with van der Waals surface area (Å²) in [5.41, 5.74) is 0.211. The van der Waals surface area contributed by atoms with Gasteiger partial charge < -0.3 is 19.5 Å². The summed E-state index contributed by atoms with van der Waals surface area (Å²) >= 11 is 0. The molecule has 1 aliphatic heterocycles. The standard InChI is InChI=1S/C13H27NO3/c1-11(16-4)9-13(5-7-17-12(13)2)10-14-6-8-15-3/h11-12,14H,5-10H2,1-4H3. The van der Waals surface area contributed by atoms with Crippen molar-refractivity contribution in [2.24, 2.45) is 5.41 Å². The van der Waals surface area contributed by atoms with E-state index in [2.05, 4.69) is 19.2 Å². The molecule has 0 amide bonds. The van der Waals surface area contributed by atoms with Gasteiger partial charge in [0.15, 0.2) is 0 Å². The van der Waals surface area contributed by atoms with Crippen molar-refractivity contribution in [3.8, 4) is 0 Å². The lowest BCUT2D eigenvalue weighted by Gasteiger charge is -2.34. The number of hydrogen-bond donors (Lipinski definition) is 1. The average Bonchev–Trinajstić information content (AvgIpc) is 2.67. The highest BCUT2D eigenvalue weighted by molar-refractivity contribution is 4.92. The van der Waals surface area contributed by atoms with Crippen LogP contribution < -0.4 is 5.32 Å². The molecule has 1 heterocycles. The minimum atomic E-state index is 0.211. The summed E-state index contributed by atoms with van der Waals surface area (Å²) in [5, 5.41) is 3.47. The molecule has 1 saturated heterocycles. The maximum Gasteiger partial charge on any atom is 0.0617 e. The first-order valence-electron chi connectivity index (χ1n) is 6.48. The average molecular weight is 245 g/mol. The summed E-state index contributed by atoms with van der Waals surface area (Å²) in [6.07, 6.45) is 2.74. The van der Waals surface area contributed by atoms with Gasteiger partial charge in [-0.3, -0.25) is 0 Å². The van der Waals surface area contributed by atoms with Crippen molar-refractivity contribution in [1.29, 1.82) is 0 Å². The zero-order valence-corrected chi connectivity index (χ0v) is 11.6. The predicted octanol–water partition coefficient (Wildman–Crippen LogP) is 1.44. The third-order valence-electron chi connectivity index (χ3n) is 3.89. The van der Waals surface area contributed by atoms with E-state index in [1.54, 1.807) is 14.2 Å². The molecule has 4 heteroatoms. The topological polar surface area (TPSA) is 39.7 Å². The number of ether oxygens (including phenoxy) is 3. The molecule has 17 heavy (non-hydrogen) atoms. The first-order chi connectivity index (χ1) is 8.14. The van der Waals surface area contributed by atoms with Crippen LogP contribution in [0.4, 0.5) is 0 Å². The van der Waals surface area contributed by atoms with Crippen LogP contribution in [-0.2, 0) is 14.2 Å². The molecule has 0 radical (unpaired) electrons. The zero-order valence-electron chi connectivity index (χ0n) is 11.6. The Hall–Kier alpha value is -0.160. The third kappa shape index (κ3) is 4.21. The molecule has 4 nitrogen and oxygen atoms in total. The van der Waals surface area contributed by atoms with Gasteiger partial charge in [0, 0.05) is 39.3 Å². The van der Waals surface area contributed by atoms with Crippen LogP contribution in [0.25, 0.3) is 0 Å². The van der Waals surface area contributed by atoms with Crippen molar-refractivity contribution in [1.82, 2.24) is 5.32 Å². The van der Waals surface area contributed by atoms with Gasteiger partial charge in [0.25, 0.3) is 0 Å². The third-order valence-corrected chi connectivity index (χ3v) is 3.89. The second-order valence-corrected chi connectivity index (χ2v) is 5.05. The number of methoxy groups -OCH3 is 2. The fraction of sp³-hybridized carbons (Fsp3) is 1.00. The molecule has 1 N–H and O–H groups in total. The van der Waals surface area contributed by atoms with Gasteiger partial charge in [0.1, 0.15) is 0 Å². The van der Waals surface area contributed by atoms with E-state index >= 15 is 0 Å². The Morgan fingerprint density at radius 1 is 1.47 bits per heavy atom. The van der Waals surface area contributed by atoms with E-state index in [1.165, 1.54) is 0 Å². The van der Waals surface area contributed by atoms with E-state index in [4.69, 9.17) is 14.2 Å². The fourth-order valence-electron chi connectivity index (χ4n) is 2.56. The first-order valence-corrected chi connectivity index (χ1v) is 6.48. The smallest absolute Gasteiger partial charge is 0.0617 e. The maximum absolute atomic E-state index is 5.74. The highest BCUT2D eigenvalue weighted by Gasteiger charge is 2.42. The summed E-state index contributed by atoms with van der Waals surface area (Å²) in [4.78, 5) is 0. The minimum Gasteiger partial charge on any atom is -0.383 e. The Morgan fingerprint density at radius 2 is 2.24 bits per heavy atom. The second-order valence-electron chi connectivity index (χ2n) is 5.05. The summed E-state index contributed by atoms with van der Waals surface area (Å²) in [7, 11) is 3.50. The van der Waals surface area contributed by atoms with E-state index in [0.717, 1.165) is 39.1 Å². The Morgan fingerprint density at radius 3 is 2.76 bits per heavy atom. The molecule has 3 atom stereocenters. The van der Waals surface area contributed by atoms with Crippen LogP contribution in [0.2, 0.25) is 0 Å². The molecule has 0 aromatic rings. The van der Waals surface area contributed by atoms with Crippen LogP contribution in [0, 0.1) is 5.41 Å². The van der Waals surface area contributed by atoms with Crippen LogP contribution in [0.15, 0.2) is 0 Å². The predicted molar refractivity (Wildman–Crippen MR) is 68.3 cm³/mol. The van der Waals surface area contributed by atoms with E-state index < -0.39 is 0 Å². The molecule has 0 aliphatic carbocycles. The van der Waals surface area contributed by atoms with Gasteiger partial charge in [-0.1, -0.05) is 0 Å². The van der Waals surface area contributed by atoms with Gasteiger partial charge in [-0.15, -0.1) is 0 Å². The van der Waals surface area contributed by atoms with Gasteiger partial charge in [0.2, 0.25) is 0 Å². The van der Waals surface area contributed by atoms with E-state index in [1.807, 2.05) is 0 Å². The Labute approximate surface area is 105 Å². The molecular weight excluding hydrogens is 218 g/mol. The van der Waals surface area contributed by atoms with E-state index in [9.17, 15) is 0 Å². The van der Waals surface area contributed by atoms with Crippen molar-refractivity contribution in [3.63, 3.8) is 0 Å². The van der Waals surface area contributed by atoms with Crippen molar-refractivity contribution < 1.29 is 14.2 Å². The summed E-state index contributed by atoms with van der Waals surface area (Å²) in [6, 6.07) is 0. The Kier molecular flexibility index (Phi) is 6.41. The molecule has 3 unspecified atom stereocenters. The van der Waals surface area contributed by atoms with Crippen LogP contribution in [0.3, 0.4) is 0 Å². The molecule has 0 aromatic carbocycles. The lowest BCUT2D eigenvalue weighted by Crippen LogP contribution is -2.42. The van der Waals surface area contributed by atoms with E-state index in [0.29, 0.717) is 6.10 Å². The molecule has 0 aromatic heterocycles. The normalized spacial score (nSPS) is 30.7. The maximum atomic E-state index is 5.74. The molecule has 1 rings (SSSR count). The highest BCUT2D eigenvalue weighted by Crippen LogP contribution is 2.39. The molecule has 1 aliphatic rings. The van der Waals surface area contributed by atoms with Crippen molar-refractivity contribution in [2.45, 2.75) is 38.9 Å². The van der Waals surface area contributed by atoms with Gasteiger partial charge in [-0.25, -0.2) is 0 Å². The lowest BCUT2D eigenvalue weighted by atomic mass is 9.77. The zero-order chi connectivity index (χ0) is 12.7. The monoisotopic (exact) mass is 245 g/mol. The Bertz CT molecular complexity index is 213. The number of rotatable bonds is 8.